The van der Waals surface area contributed by atoms with Gasteiger partial charge in [-0.25, -0.2) is 0 Å². The second kappa shape index (κ2) is 7.55. The summed E-state index contributed by atoms with van der Waals surface area (Å²) in [6.07, 6.45) is 6.17. The average Bonchev–Trinajstić information content (AvgIpc) is 3.55. The molecule has 2 aromatic carbocycles. The van der Waals surface area contributed by atoms with Gasteiger partial charge in [0.15, 0.2) is 0 Å². The zero-order chi connectivity index (χ0) is 19.6. The van der Waals surface area contributed by atoms with E-state index in [0.29, 0.717) is 19.0 Å². The van der Waals surface area contributed by atoms with Crippen molar-refractivity contribution >= 4 is 16.8 Å². The van der Waals surface area contributed by atoms with Gasteiger partial charge in [0.05, 0.1) is 12.1 Å². The van der Waals surface area contributed by atoms with Crippen LogP contribution in [0.4, 0.5) is 0 Å². The second-order valence-electron chi connectivity index (χ2n) is 7.68. The van der Waals surface area contributed by atoms with E-state index in [4.69, 9.17) is 0 Å². The van der Waals surface area contributed by atoms with Gasteiger partial charge >= 0.3 is 0 Å². The Balaban J connectivity index is 1.49. The van der Waals surface area contributed by atoms with Crippen molar-refractivity contribution in [3.8, 4) is 11.3 Å². The van der Waals surface area contributed by atoms with Gasteiger partial charge in [0.25, 0.3) is 0 Å². The highest BCUT2D eigenvalue weighted by molar-refractivity contribution is 5.95. The minimum absolute atomic E-state index is 0.186. The summed E-state index contributed by atoms with van der Waals surface area (Å²) in [6.45, 7) is 0.648. The first-order chi connectivity index (χ1) is 14.3. The normalized spacial score (nSPS) is 13.5. The summed E-state index contributed by atoms with van der Waals surface area (Å²) in [4.78, 5) is 23.1. The maximum atomic E-state index is 13.4. The van der Waals surface area contributed by atoms with E-state index in [2.05, 4.69) is 34.2 Å². The van der Waals surface area contributed by atoms with E-state index in [0.717, 1.165) is 46.1 Å². The predicted molar refractivity (Wildman–Crippen MR) is 115 cm³/mol. The van der Waals surface area contributed by atoms with Gasteiger partial charge < -0.3 is 9.88 Å². The number of fused-ring (bicyclic) bond motifs is 1. The van der Waals surface area contributed by atoms with Crippen LogP contribution in [-0.2, 0) is 17.8 Å². The Hall–Kier alpha value is -3.40. The molecule has 0 aliphatic heterocycles. The van der Waals surface area contributed by atoms with Crippen molar-refractivity contribution in [3.63, 3.8) is 0 Å². The highest BCUT2D eigenvalue weighted by Gasteiger charge is 2.33. The molecule has 144 valence electrons. The van der Waals surface area contributed by atoms with Gasteiger partial charge in [0.1, 0.15) is 0 Å². The Morgan fingerprint density at radius 2 is 1.69 bits per heavy atom. The molecule has 0 spiro atoms. The van der Waals surface area contributed by atoms with Gasteiger partial charge in [0, 0.05) is 35.9 Å². The molecule has 0 atom stereocenters. The largest absolute Gasteiger partial charge is 0.354 e. The summed E-state index contributed by atoms with van der Waals surface area (Å²) in [5.74, 6) is 0.186. The van der Waals surface area contributed by atoms with Crippen molar-refractivity contribution < 1.29 is 4.79 Å². The molecule has 0 radical (unpaired) electrons. The maximum Gasteiger partial charge on any atom is 0.227 e. The molecule has 2 aromatic heterocycles. The van der Waals surface area contributed by atoms with Crippen LogP contribution in [0.2, 0.25) is 0 Å². The van der Waals surface area contributed by atoms with E-state index in [1.165, 1.54) is 0 Å². The fourth-order valence-electron chi connectivity index (χ4n) is 3.98. The monoisotopic (exact) mass is 381 g/mol. The van der Waals surface area contributed by atoms with Gasteiger partial charge in [-0.05, 0) is 47.7 Å². The Morgan fingerprint density at radius 3 is 2.45 bits per heavy atom. The number of nitrogens with one attached hydrogen (secondary N) is 1. The topological polar surface area (TPSA) is 49.0 Å². The Kier molecular flexibility index (Phi) is 4.60. The van der Waals surface area contributed by atoms with Crippen LogP contribution < -0.4 is 0 Å². The van der Waals surface area contributed by atoms with Crippen LogP contribution in [-0.4, -0.2) is 26.8 Å². The zero-order valence-corrected chi connectivity index (χ0v) is 16.2. The van der Waals surface area contributed by atoms with Crippen molar-refractivity contribution in [3.05, 3.63) is 90.3 Å². The van der Waals surface area contributed by atoms with E-state index in [-0.39, 0.29) is 5.91 Å². The minimum Gasteiger partial charge on any atom is -0.354 e. The van der Waals surface area contributed by atoms with Crippen molar-refractivity contribution in [2.75, 3.05) is 0 Å². The Bertz CT molecular complexity index is 1130. The number of amides is 1. The third-order valence-electron chi connectivity index (χ3n) is 5.61. The number of aromatic amines is 1. The van der Waals surface area contributed by atoms with Crippen molar-refractivity contribution in [1.82, 2.24) is 14.9 Å². The molecule has 0 bridgehead atoms. The van der Waals surface area contributed by atoms with E-state index in [1.54, 1.807) is 12.4 Å². The van der Waals surface area contributed by atoms with Crippen LogP contribution in [0.25, 0.3) is 22.2 Å². The van der Waals surface area contributed by atoms with Crippen LogP contribution in [0.3, 0.4) is 0 Å². The minimum atomic E-state index is 0.186. The third kappa shape index (κ3) is 3.66. The molecule has 2 heterocycles. The highest BCUT2D eigenvalue weighted by atomic mass is 16.2. The number of carbonyl (C=O) groups excluding carboxylic acids is 1. The number of hydrogen-bond acceptors (Lipinski definition) is 2. The molecule has 4 aromatic rings. The number of carbonyl (C=O) groups is 1. The molecule has 1 N–H and O–H groups in total. The molecule has 0 saturated heterocycles. The van der Waals surface area contributed by atoms with Crippen molar-refractivity contribution in [2.45, 2.75) is 31.8 Å². The molecule has 4 nitrogen and oxygen atoms in total. The first-order valence-corrected chi connectivity index (χ1v) is 10.1. The molecule has 4 heteroatoms. The molecule has 1 fully saturated rings. The molecule has 1 aliphatic carbocycles. The zero-order valence-electron chi connectivity index (χ0n) is 16.2. The van der Waals surface area contributed by atoms with Crippen molar-refractivity contribution in [2.24, 2.45) is 0 Å². The summed E-state index contributed by atoms with van der Waals surface area (Å²) in [5.41, 5.74) is 5.43. The predicted octanol–water partition coefficient (Wildman–Crippen LogP) is 4.96. The Morgan fingerprint density at radius 1 is 0.966 bits per heavy atom. The highest BCUT2D eigenvalue weighted by Crippen LogP contribution is 2.33. The fourth-order valence-corrected chi connectivity index (χ4v) is 3.98. The number of H-pyrrole nitrogens is 1. The van der Waals surface area contributed by atoms with Crippen LogP contribution in [0.1, 0.15) is 24.0 Å². The number of rotatable bonds is 6. The summed E-state index contributed by atoms with van der Waals surface area (Å²) in [6, 6.07) is 22.8. The average molecular weight is 381 g/mol. The van der Waals surface area contributed by atoms with Crippen LogP contribution in [0, 0.1) is 0 Å². The summed E-state index contributed by atoms with van der Waals surface area (Å²) in [7, 11) is 0. The van der Waals surface area contributed by atoms with Crippen LogP contribution in [0.5, 0.6) is 0 Å². The Labute approximate surface area is 170 Å². The number of aromatic nitrogens is 2. The van der Waals surface area contributed by atoms with Crippen LogP contribution >= 0.6 is 0 Å². The number of benzene rings is 2. The number of para-hydroxylation sites is 1. The van der Waals surface area contributed by atoms with E-state index in [9.17, 15) is 4.79 Å². The number of pyridine rings is 1. The first kappa shape index (κ1) is 17.7. The summed E-state index contributed by atoms with van der Waals surface area (Å²) < 4.78 is 0. The molecule has 5 rings (SSSR count). The smallest absolute Gasteiger partial charge is 0.227 e. The lowest BCUT2D eigenvalue weighted by molar-refractivity contribution is -0.131. The molecule has 1 aliphatic rings. The molecule has 1 amide bonds. The van der Waals surface area contributed by atoms with Crippen LogP contribution in [0.15, 0.2) is 79.1 Å². The van der Waals surface area contributed by atoms with Gasteiger partial charge in [-0.3, -0.25) is 9.78 Å². The molecule has 29 heavy (non-hydrogen) atoms. The SMILES string of the molecule is O=C(Cc1c(-c2ccccc2)[nH]c2ccccc12)N(Cc1ccncc1)C1CC1. The first-order valence-electron chi connectivity index (χ1n) is 10.1. The van der Waals surface area contributed by atoms with E-state index in [1.807, 2.05) is 47.4 Å². The number of hydrogen-bond donors (Lipinski definition) is 1. The molecular formula is C25H23N3O. The molecule has 0 unspecified atom stereocenters. The summed E-state index contributed by atoms with van der Waals surface area (Å²) >= 11 is 0. The standard InChI is InChI=1S/C25H23N3O/c29-24(28(20-10-11-20)17-18-12-14-26-15-13-18)16-22-21-8-4-5-9-23(21)27-25(22)19-6-2-1-3-7-19/h1-9,12-15,20,27H,10-11,16-17H2. The third-order valence-corrected chi connectivity index (χ3v) is 5.61. The van der Waals surface area contributed by atoms with Gasteiger partial charge in [-0.15, -0.1) is 0 Å². The maximum absolute atomic E-state index is 13.4. The number of nitrogens with zero attached hydrogens (tertiary/aromatic N) is 2. The lowest BCUT2D eigenvalue weighted by Crippen LogP contribution is -2.33. The van der Waals surface area contributed by atoms with E-state index < -0.39 is 0 Å². The molecule has 1 saturated carbocycles. The summed E-state index contributed by atoms with van der Waals surface area (Å²) in [5, 5.41) is 1.12. The second-order valence-corrected chi connectivity index (χ2v) is 7.68. The fraction of sp³-hybridized carbons (Fsp3) is 0.200. The van der Waals surface area contributed by atoms with Gasteiger partial charge in [-0.1, -0.05) is 48.5 Å². The van der Waals surface area contributed by atoms with Crippen molar-refractivity contribution in [1.29, 1.82) is 0 Å². The quantitative estimate of drug-likeness (QED) is 0.513. The van der Waals surface area contributed by atoms with Gasteiger partial charge in [-0.2, -0.15) is 0 Å². The lowest BCUT2D eigenvalue weighted by Gasteiger charge is -2.23. The lowest BCUT2D eigenvalue weighted by atomic mass is 10.0. The molecular weight excluding hydrogens is 358 g/mol. The van der Waals surface area contributed by atoms with Gasteiger partial charge in [0.2, 0.25) is 5.91 Å². The van der Waals surface area contributed by atoms with E-state index >= 15 is 0 Å².